The summed E-state index contributed by atoms with van der Waals surface area (Å²) in [6, 6.07) is 14.4. The molecule has 0 spiro atoms. The molecule has 1 fully saturated rings. The molecule has 3 aromatic rings. The number of hydrogen-bond donors (Lipinski definition) is 4. The molecular weight excluding hydrogens is 456 g/mol. The first-order valence-electron chi connectivity index (χ1n) is 12.4. The SMILES string of the molecule is CCC(=Nc1c(Nc2cccc(C(=O)N(C)C)c2O)c(O)n(C2CCCCC2)c1O)c1ccccc1. The van der Waals surface area contributed by atoms with Gasteiger partial charge in [0.25, 0.3) is 5.91 Å². The van der Waals surface area contributed by atoms with Crippen molar-refractivity contribution in [1.82, 2.24) is 9.47 Å². The lowest BCUT2D eigenvalue weighted by molar-refractivity contribution is 0.0824. The van der Waals surface area contributed by atoms with Crippen LogP contribution in [0.25, 0.3) is 0 Å². The Morgan fingerprint density at radius 2 is 1.69 bits per heavy atom. The Balaban J connectivity index is 1.85. The summed E-state index contributed by atoms with van der Waals surface area (Å²) in [7, 11) is 3.22. The number of amides is 1. The van der Waals surface area contributed by atoms with Crippen LogP contribution in [0.2, 0.25) is 0 Å². The van der Waals surface area contributed by atoms with E-state index >= 15 is 0 Å². The number of aliphatic imine (C=N–C) groups is 1. The number of hydrogen-bond acceptors (Lipinski definition) is 6. The standard InChI is InChI=1S/C28H34N4O4/c1-4-21(18-12-7-5-8-13-18)29-23-24(28(36)32(27(23)35)19-14-9-6-10-15-19)30-22-17-11-16-20(25(22)33)26(34)31(2)3/h5,7-8,11-13,16-17,19,30,33,35-36H,4,6,9-10,14-15H2,1-3H3. The van der Waals surface area contributed by atoms with Gasteiger partial charge in [-0.3, -0.25) is 9.36 Å². The molecular formula is C28H34N4O4. The summed E-state index contributed by atoms with van der Waals surface area (Å²) in [5.74, 6) is -0.859. The van der Waals surface area contributed by atoms with Gasteiger partial charge in [0, 0.05) is 25.8 Å². The summed E-state index contributed by atoms with van der Waals surface area (Å²) in [6.07, 6.45) is 5.46. The number of carbonyl (C=O) groups excluding carboxylic acids is 1. The monoisotopic (exact) mass is 490 g/mol. The average Bonchev–Trinajstić information content (AvgIpc) is 3.12. The van der Waals surface area contributed by atoms with Crippen LogP contribution in [0, 0.1) is 0 Å². The highest BCUT2D eigenvalue weighted by atomic mass is 16.3. The molecule has 190 valence electrons. The number of para-hydroxylation sites is 1. The average molecular weight is 491 g/mol. The van der Waals surface area contributed by atoms with Crippen LogP contribution in [0.4, 0.5) is 17.1 Å². The van der Waals surface area contributed by atoms with E-state index < -0.39 is 0 Å². The van der Waals surface area contributed by atoms with Crippen LogP contribution in [-0.2, 0) is 0 Å². The van der Waals surface area contributed by atoms with Crippen molar-refractivity contribution in [3.63, 3.8) is 0 Å². The van der Waals surface area contributed by atoms with Gasteiger partial charge in [0.1, 0.15) is 5.69 Å². The molecule has 4 N–H and O–H groups in total. The van der Waals surface area contributed by atoms with Crippen LogP contribution in [0.15, 0.2) is 53.5 Å². The molecule has 8 nitrogen and oxygen atoms in total. The van der Waals surface area contributed by atoms with E-state index in [1.165, 1.54) is 11.0 Å². The van der Waals surface area contributed by atoms with E-state index in [-0.39, 0.29) is 52.1 Å². The van der Waals surface area contributed by atoms with Crippen molar-refractivity contribution in [2.75, 3.05) is 19.4 Å². The molecule has 1 aliphatic carbocycles. The lowest BCUT2D eigenvalue weighted by Gasteiger charge is -2.24. The van der Waals surface area contributed by atoms with Gasteiger partial charge in [-0.1, -0.05) is 62.6 Å². The molecule has 0 aliphatic heterocycles. The fourth-order valence-electron chi connectivity index (χ4n) is 4.76. The third-order valence-corrected chi connectivity index (χ3v) is 6.69. The van der Waals surface area contributed by atoms with Crippen molar-refractivity contribution >= 4 is 28.7 Å². The summed E-state index contributed by atoms with van der Waals surface area (Å²) in [5, 5.41) is 36.6. The summed E-state index contributed by atoms with van der Waals surface area (Å²) >= 11 is 0. The zero-order chi connectivity index (χ0) is 25.8. The maximum atomic E-state index is 12.5. The molecule has 4 rings (SSSR count). The molecule has 0 radical (unpaired) electrons. The largest absolute Gasteiger partial charge is 0.505 e. The predicted octanol–water partition coefficient (Wildman–Crippen LogP) is 6.09. The van der Waals surface area contributed by atoms with E-state index in [1.807, 2.05) is 37.3 Å². The molecule has 1 saturated carbocycles. The van der Waals surface area contributed by atoms with Crippen molar-refractivity contribution in [2.45, 2.75) is 51.5 Å². The summed E-state index contributed by atoms with van der Waals surface area (Å²) in [4.78, 5) is 18.7. The van der Waals surface area contributed by atoms with Crippen molar-refractivity contribution in [2.24, 2.45) is 4.99 Å². The summed E-state index contributed by atoms with van der Waals surface area (Å²) in [6.45, 7) is 1.98. The minimum absolute atomic E-state index is 0.0553. The molecule has 1 aliphatic rings. The second-order valence-electron chi connectivity index (χ2n) is 9.34. The predicted molar refractivity (Wildman–Crippen MR) is 142 cm³/mol. The molecule has 0 atom stereocenters. The van der Waals surface area contributed by atoms with Gasteiger partial charge in [0.2, 0.25) is 11.8 Å². The van der Waals surface area contributed by atoms with E-state index in [0.717, 1.165) is 43.4 Å². The number of rotatable bonds is 7. The number of carbonyl (C=O) groups is 1. The smallest absolute Gasteiger partial charge is 0.257 e. The minimum atomic E-state index is -0.349. The first kappa shape index (κ1) is 25.2. The van der Waals surface area contributed by atoms with Gasteiger partial charge in [-0.05, 0) is 37.0 Å². The number of benzene rings is 2. The number of aromatic hydroxyl groups is 3. The third-order valence-electron chi connectivity index (χ3n) is 6.69. The lowest BCUT2D eigenvalue weighted by atomic mass is 9.95. The van der Waals surface area contributed by atoms with Crippen LogP contribution in [0.3, 0.4) is 0 Å². The first-order valence-corrected chi connectivity index (χ1v) is 12.4. The van der Waals surface area contributed by atoms with Crippen LogP contribution >= 0.6 is 0 Å². The normalized spacial score (nSPS) is 14.6. The second kappa shape index (κ2) is 10.8. The number of nitrogens with one attached hydrogen (secondary N) is 1. The molecule has 0 bridgehead atoms. The van der Waals surface area contributed by atoms with Gasteiger partial charge in [-0.2, -0.15) is 0 Å². The van der Waals surface area contributed by atoms with Crippen molar-refractivity contribution in [1.29, 1.82) is 0 Å². The maximum absolute atomic E-state index is 12.5. The highest BCUT2D eigenvalue weighted by molar-refractivity contribution is 6.04. The Hall–Kier alpha value is -3.94. The van der Waals surface area contributed by atoms with E-state index in [9.17, 15) is 20.1 Å². The van der Waals surface area contributed by atoms with Gasteiger partial charge < -0.3 is 25.5 Å². The fourth-order valence-corrected chi connectivity index (χ4v) is 4.76. The highest BCUT2D eigenvalue weighted by Crippen LogP contribution is 2.51. The first-order chi connectivity index (χ1) is 17.3. The minimum Gasteiger partial charge on any atom is -0.505 e. The Morgan fingerprint density at radius 3 is 2.33 bits per heavy atom. The summed E-state index contributed by atoms with van der Waals surface area (Å²) in [5.41, 5.74) is 2.40. The topological polar surface area (TPSA) is 110 Å². The molecule has 8 heteroatoms. The Labute approximate surface area is 211 Å². The maximum Gasteiger partial charge on any atom is 0.257 e. The van der Waals surface area contributed by atoms with Gasteiger partial charge in [-0.25, -0.2) is 4.99 Å². The van der Waals surface area contributed by atoms with Crippen LogP contribution < -0.4 is 5.32 Å². The number of anilines is 2. The van der Waals surface area contributed by atoms with Crippen LogP contribution in [0.1, 0.15) is 67.4 Å². The molecule has 0 saturated heterocycles. The number of aromatic nitrogens is 1. The quantitative estimate of drug-likeness (QED) is 0.237. The zero-order valence-corrected chi connectivity index (χ0v) is 21.0. The Morgan fingerprint density at radius 1 is 1.00 bits per heavy atom. The molecule has 0 unspecified atom stereocenters. The Kier molecular flexibility index (Phi) is 7.52. The Bertz CT molecular complexity index is 1260. The molecule has 36 heavy (non-hydrogen) atoms. The second-order valence-corrected chi connectivity index (χ2v) is 9.34. The fraction of sp³-hybridized carbons (Fsp3) is 0.357. The van der Waals surface area contributed by atoms with Crippen LogP contribution in [0.5, 0.6) is 17.5 Å². The van der Waals surface area contributed by atoms with Crippen molar-refractivity contribution in [3.8, 4) is 17.5 Å². The van der Waals surface area contributed by atoms with E-state index in [2.05, 4.69) is 5.32 Å². The van der Waals surface area contributed by atoms with E-state index in [1.54, 1.807) is 30.8 Å². The molecule has 1 heterocycles. The van der Waals surface area contributed by atoms with E-state index in [4.69, 9.17) is 4.99 Å². The summed E-state index contributed by atoms with van der Waals surface area (Å²) < 4.78 is 1.55. The highest BCUT2D eigenvalue weighted by Gasteiger charge is 2.29. The molecule has 1 amide bonds. The zero-order valence-electron chi connectivity index (χ0n) is 21.0. The third kappa shape index (κ3) is 4.89. The van der Waals surface area contributed by atoms with Crippen molar-refractivity contribution < 1.29 is 20.1 Å². The number of nitrogens with zero attached hydrogens (tertiary/aromatic N) is 3. The number of phenolic OH excluding ortho intramolecular Hbond substituents is 1. The number of phenols is 1. The van der Waals surface area contributed by atoms with Gasteiger partial charge in [0.05, 0.1) is 11.3 Å². The molecule has 1 aromatic heterocycles. The molecule has 2 aromatic carbocycles. The van der Waals surface area contributed by atoms with Crippen molar-refractivity contribution in [3.05, 3.63) is 59.7 Å². The van der Waals surface area contributed by atoms with Gasteiger partial charge >= 0.3 is 0 Å². The van der Waals surface area contributed by atoms with Gasteiger partial charge in [0.15, 0.2) is 11.4 Å². The lowest BCUT2D eigenvalue weighted by Crippen LogP contribution is -2.21. The van der Waals surface area contributed by atoms with Gasteiger partial charge in [-0.15, -0.1) is 0 Å². The van der Waals surface area contributed by atoms with E-state index in [0.29, 0.717) is 6.42 Å². The van der Waals surface area contributed by atoms with Crippen LogP contribution in [-0.4, -0.2) is 50.5 Å².